The summed E-state index contributed by atoms with van der Waals surface area (Å²) in [6.45, 7) is 0. The first-order valence-electron chi connectivity index (χ1n) is 5.55. The summed E-state index contributed by atoms with van der Waals surface area (Å²) in [4.78, 5) is 15.7. The normalized spacial score (nSPS) is 10.8. The molecule has 0 spiro atoms. The molecule has 0 atom stereocenters. The van der Waals surface area contributed by atoms with Crippen molar-refractivity contribution in [3.05, 3.63) is 47.3 Å². The number of fused-ring (bicyclic) bond motifs is 2. The summed E-state index contributed by atoms with van der Waals surface area (Å²) >= 11 is 0. The van der Waals surface area contributed by atoms with E-state index in [1.54, 1.807) is 35.8 Å². The maximum absolute atomic E-state index is 11.3. The SMILES string of the molecule is [NH2+]=c1ccc2nc3ccc(C(=O)NO)cc3oc-2c1. The number of rotatable bonds is 1. The Morgan fingerprint density at radius 3 is 2.89 bits per heavy atom. The monoisotopic (exact) mass is 256 g/mol. The maximum Gasteiger partial charge on any atom is 0.274 e. The van der Waals surface area contributed by atoms with E-state index in [2.05, 4.69) is 4.98 Å². The number of aromatic nitrogens is 1. The highest BCUT2D eigenvalue weighted by molar-refractivity contribution is 5.96. The first kappa shape index (κ1) is 11.4. The molecule has 0 unspecified atom stereocenters. The number of nitrogens with two attached hydrogens (primary N) is 1. The van der Waals surface area contributed by atoms with Crippen LogP contribution >= 0.6 is 0 Å². The van der Waals surface area contributed by atoms with Crippen molar-refractivity contribution >= 4 is 17.0 Å². The Kier molecular flexibility index (Phi) is 2.50. The van der Waals surface area contributed by atoms with Crippen LogP contribution in [-0.4, -0.2) is 16.1 Å². The fourth-order valence-corrected chi connectivity index (χ4v) is 1.85. The summed E-state index contributed by atoms with van der Waals surface area (Å²) in [6.07, 6.45) is 0. The summed E-state index contributed by atoms with van der Waals surface area (Å²) in [6, 6.07) is 9.89. The van der Waals surface area contributed by atoms with Gasteiger partial charge in [-0.1, -0.05) is 0 Å². The summed E-state index contributed by atoms with van der Waals surface area (Å²) in [5.41, 5.74) is 3.60. The molecule has 1 amide bonds. The molecular formula is C13H10N3O3+. The zero-order chi connectivity index (χ0) is 13.4. The number of hydrogen-bond donors (Lipinski definition) is 3. The Morgan fingerprint density at radius 2 is 2.11 bits per heavy atom. The predicted octanol–water partition coefficient (Wildman–Crippen LogP) is -0.289. The first-order valence-corrected chi connectivity index (χ1v) is 5.55. The average Bonchev–Trinajstić information content (AvgIpc) is 2.43. The minimum absolute atomic E-state index is 0.281. The minimum Gasteiger partial charge on any atom is -0.453 e. The molecule has 0 bridgehead atoms. The number of hydroxylamine groups is 1. The molecule has 1 aromatic rings. The van der Waals surface area contributed by atoms with Crippen LogP contribution in [0.3, 0.4) is 0 Å². The zero-order valence-electron chi connectivity index (χ0n) is 9.75. The molecule has 4 N–H and O–H groups in total. The molecule has 0 saturated heterocycles. The lowest BCUT2D eigenvalue weighted by Gasteiger charge is -2.06. The van der Waals surface area contributed by atoms with E-state index >= 15 is 0 Å². The minimum atomic E-state index is -0.607. The van der Waals surface area contributed by atoms with Crippen molar-refractivity contribution in [3.63, 3.8) is 0 Å². The van der Waals surface area contributed by atoms with Crippen LogP contribution in [0.15, 0.2) is 40.8 Å². The van der Waals surface area contributed by atoms with E-state index in [-0.39, 0.29) is 5.56 Å². The number of nitrogens with zero attached hydrogens (tertiary/aromatic N) is 1. The lowest BCUT2D eigenvalue weighted by Crippen LogP contribution is -2.44. The van der Waals surface area contributed by atoms with Crippen LogP contribution in [0.1, 0.15) is 10.4 Å². The van der Waals surface area contributed by atoms with E-state index < -0.39 is 5.91 Å². The highest BCUT2D eigenvalue weighted by atomic mass is 16.5. The van der Waals surface area contributed by atoms with Gasteiger partial charge in [0.2, 0.25) is 5.36 Å². The molecule has 2 aliphatic rings. The molecule has 1 heterocycles. The number of nitrogens with one attached hydrogen (secondary N) is 1. The molecule has 0 aromatic heterocycles. The van der Waals surface area contributed by atoms with Gasteiger partial charge in [-0.2, -0.15) is 0 Å². The van der Waals surface area contributed by atoms with Gasteiger partial charge in [0.25, 0.3) is 5.91 Å². The molecular weight excluding hydrogens is 246 g/mol. The van der Waals surface area contributed by atoms with Crippen molar-refractivity contribution in [1.82, 2.24) is 10.5 Å². The second-order valence-corrected chi connectivity index (χ2v) is 4.06. The van der Waals surface area contributed by atoms with E-state index in [0.717, 1.165) is 0 Å². The second kappa shape index (κ2) is 4.18. The van der Waals surface area contributed by atoms with Crippen LogP contribution in [0, 0.1) is 0 Å². The van der Waals surface area contributed by atoms with Gasteiger partial charge in [-0.15, -0.1) is 0 Å². The third kappa shape index (κ3) is 1.94. The maximum atomic E-state index is 11.3. The smallest absolute Gasteiger partial charge is 0.274 e. The van der Waals surface area contributed by atoms with Crippen molar-refractivity contribution in [2.45, 2.75) is 0 Å². The Bertz CT molecular complexity index is 810. The van der Waals surface area contributed by atoms with Crippen LogP contribution in [0.5, 0.6) is 0 Å². The van der Waals surface area contributed by atoms with E-state index in [9.17, 15) is 4.79 Å². The van der Waals surface area contributed by atoms with Crippen molar-refractivity contribution in [1.29, 1.82) is 0 Å². The molecule has 1 aliphatic carbocycles. The van der Waals surface area contributed by atoms with Crippen LogP contribution in [0.2, 0.25) is 0 Å². The number of carbonyl (C=O) groups is 1. The molecule has 0 saturated carbocycles. The van der Waals surface area contributed by atoms with Gasteiger partial charge < -0.3 is 4.42 Å². The first-order chi connectivity index (χ1) is 9.17. The number of amides is 1. The Labute approximate surface area is 107 Å². The average molecular weight is 256 g/mol. The fourth-order valence-electron chi connectivity index (χ4n) is 1.85. The Morgan fingerprint density at radius 1 is 1.26 bits per heavy atom. The molecule has 1 aliphatic heterocycles. The fraction of sp³-hybridized carbons (Fsp3) is 0. The highest BCUT2D eigenvalue weighted by Gasteiger charge is 2.11. The number of carbonyl (C=O) groups excluding carboxylic acids is 1. The van der Waals surface area contributed by atoms with Gasteiger partial charge >= 0.3 is 0 Å². The van der Waals surface area contributed by atoms with Gasteiger partial charge in [-0.05, 0) is 24.3 Å². The standard InChI is InChI=1S/C13H9N3O3/c14-8-2-4-10-12(6-8)19-11-5-7(13(17)16-18)1-3-9(11)15-10/h1-6,14,18H,(H,16,17)/p+1. The molecule has 0 radical (unpaired) electrons. The topological polar surface area (TPSA) is 101 Å². The number of hydrogen-bond acceptors (Lipinski definition) is 4. The summed E-state index contributed by atoms with van der Waals surface area (Å²) in [5.74, 6) is -0.0705. The Hall–Kier alpha value is -2.73. The lowest BCUT2D eigenvalue weighted by atomic mass is 10.1. The van der Waals surface area contributed by atoms with Crippen LogP contribution in [-0.2, 0) is 0 Å². The van der Waals surface area contributed by atoms with Crippen molar-refractivity contribution in [3.8, 4) is 11.5 Å². The van der Waals surface area contributed by atoms with Gasteiger partial charge in [0, 0.05) is 11.6 Å². The van der Waals surface area contributed by atoms with E-state index in [1.165, 1.54) is 6.07 Å². The third-order valence-electron chi connectivity index (χ3n) is 2.77. The predicted molar refractivity (Wildman–Crippen MR) is 64.9 cm³/mol. The molecule has 3 rings (SSSR count). The van der Waals surface area contributed by atoms with Crippen molar-refractivity contribution < 1.29 is 19.8 Å². The van der Waals surface area contributed by atoms with Crippen molar-refractivity contribution in [2.24, 2.45) is 0 Å². The van der Waals surface area contributed by atoms with Gasteiger partial charge in [-0.25, -0.2) is 10.5 Å². The van der Waals surface area contributed by atoms with E-state index in [0.29, 0.717) is 27.9 Å². The second-order valence-electron chi connectivity index (χ2n) is 4.06. The van der Waals surface area contributed by atoms with Crippen LogP contribution < -0.4 is 16.2 Å². The molecule has 1 aromatic carbocycles. The summed E-state index contributed by atoms with van der Waals surface area (Å²) in [5, 5.41) is 14.9. The van der Waals surface area contributed by atoms with Crippen LogP contribution in [0.25, 0.3) is 22.6 Å². The lowest BCUT2D eigenvalue weighted by molar-refractivity contribution is -0.172. The summed E-state index contributed by atoms with van der Waals surface area (Å²) in [7, 11) is 0. The largest absolute Gasteiger partial charge is 0.453 e. The summed E-state index contributed by atoms with van der Waals surface area (Å²) < 4.78 is 5.66. The molecule has 94 valence electrons. The van der Waals surface area contributed by atoms with Gasteiger partial charge in [0.05, 0.1) is 6.07 Å². The van der Waals surface area contributed by atoms with Crippen molar-refractivity contribution in [2.75, 3.05) is 0 Å². The van der Waals surface area contributed by atoms with E-state index in [1.807, 2.05) is 0 Å². The van der Waals surface area contributed by atoms with E-state index in [4.69, 9.17) is 15.0 Å². The van der Waals surface area contributed by atoms with Gasteiger partial charge in [0.15, 0.2) is 11.3 Å². The molecule has 19 heavy (non-hydrogen) atoms. The Balaban J connectivity index is 2.28. The van der Waals surface area contributed by atoms with Gasteiger partial charge in [-0.3, -0.25) is 15.4 Å². The van der Waals surface area contributed by atoms with Gasteiger partial charge in [0.1, 0.15) is 11.2 Å². The zero-order valence-corrected chi connectivity index (χ0v) is 9.75. The van der Waals surface area contributed by atoms with Crippen LogP contribution in [0.4, 0.5) is 0 Å². The quantitative estimate of drug-likeness (QED) is 0.316. The molecule has 0 fully saturated rings. The molecule has 6 heteroatoms. The highest BCUT2D eigenvalue weighted by Crippen LogP contribution is 2.23. The number of benzene rings is 2. The third-order valence-corrected chi connectivity index (χ3v) is 2.77. The molecule has 6 nitrogen and oxygen atoms in total.